The average molecular weight is 349 g/mol. The van der Waals surface area contributed by atoms with Crippen molar-refractivity contribution in [3.05, 3.63) is 35.1 Å². The summed E-state index contributed by atoms with van der Waals surface area (Å²) in [6.45, 7) is -0.314. The Balaban J connectivity index is 2.89. The predicted molar refractivity (Wildman–Crippen MR) is 76.8 cm³/mol. The molecule has 0 unspecified atom stereocenters. The van der Waals surface area contributed by atoms with Crippen LogP contribution in [-0.4, -0.2) is 61.9 Å². The molecule has 0 bridgehead atoms. The van der Waals surface area contributed by atoms with Gasteiger partial charge in [0.25, 0.3) is 5.91 Å². The highest BCUT2D eigenvalue weighted by Crippen LogP contribution is 2.17. The largest absolute Gasteiger partial charge is 0.469 e. The van der Waals surface area contributed by atoms with Crippen LogP contribution in [0.1, 0.15) is 16.8 Å². The highest BCUT2D eigenvalue weighted by Gasteiger charge is 2.23. The molecule has 0 fully saturated rings. The maximum absolute atomic E-state index is 13.8. The fraction of sp³-hybridized carbons (Fsp3) is 0.467. The summed E-state index contributed by atoms with van der Waals surface area (Å²) in [6.07, 6.45) is -0.159. The number of carbonyl (C=O) groups is 2. The molecule has 0 saturated heterocycles. The van der Waals surface area contributed by atoms with Crippen molar-refractivity contribution in [2.24, 2.45) is 0 Å². The van der Waals surface area contributed by atoms with Gasteiger partial charge in [-0.15, -0.1) is 0 Å². The maximum atomic E-state index is 13.8. The zero-order chi connectivity index (χ0) is 18.1. The maximum Gasteiger partial charge on any atom is 0.307 e. The molecule has 1 amide bonds. The van der Waals surface area contributed by atoms with Crippen molar-refractivity contribution in [1.29, 1.82) is 0 Å². The predicted octanol–water partition coefficient (Wildman–Crippen LogP) is 1.12. The smallest absolute Gasteiger partial charge is 0.307 e. The Bertz CT molecular complexity index is 582. The summed E-state index contributed by atoms with van der Waals surface area (Å²) in [7, 11) is 1.17. The van der Waals surface area contributed by atoms with Gasteiger partial charge in [-0.05, 0) is 12.1 Å². The third-order valence-electron chi connectivity index (χ3n) is 3.11. The molecular weight excluding hydrogens is 331 g/mol. The summed E-state index contributed by atoms with van der Waals surface area (Å²) in [5.74, 6) is -6.25. The molecule has 0 aliphatic carbocycles. The van der Waals surface area contributed by atoms with Crippen LogP contribution >= 0.6 is 0 Å². The van der Waals surface area contributed by atoms with E-state index in [4.69, 9.17) is 9.84 Å². The van der Waals surface area contributed by atoms with Crippen LogP contribution in [0.15, 0.2) is 12.1 Å². The summed E-state index contributed by atoms with van der Waals surface area (Å²) in [6, 6.07) is 1.47. The number of nitrogens with zero attached hydrogens (tertiary/aromatic N) is 1. The van der Waals surface area contributed by atoms with Gasteiger partial charge < -0.3 is 19.5 Å². The van der Waals surface area contributed by atoms with E-state index in [9.17, 15) is 22.8 Å². The first kappa shape index (κ1) is 19.9. The fourth-order valence-corrected chi connectivity index (χ4v) is 1.85. The zero-order valence-electron chi connectivity index (χ0n) is 13.1. The second-order valence-corrected chi connectivity index (χ2v) is 4.68. The molecule has 1 N–H and O–H groups in total. The van der Waals surface area contributed by atoms with Gasteiger partial charge in [-0.1, -0.05) is 0 Å². The van der Waals surface area contributed by atoms with E-state index in [1.807, 2.05) is 0 Å². The van der Waals surface area contributed by atoms with E-state index in [0.29, 0.717) is 6.07 Å². The van der Waals surface area contributed by atoms with Crippen molar-refractivity contribution in [3.63, 3.8) is 0 Å². The quantitative estimate of drug-likeness (QED) is 0.411. The molecule has 1 aromatic carbocycles. The monoisotopic (exact) mass is 349 g/mol. The van der Waals surface area contributed by atoms with Gasteiger partial charge in [0, 0.05) is 13.1 Å². The zero-order valence-corrected chi connectivity index (χ0v) is 13.1. The molecule has 6 nitrogen and oxygen atoms in total. The first-order valence-electron chi connectivity index (χ1n) is 7.10. The lowest BCUT2D eigenvalue weighted by Crippen LogP contribution is -2.36. The summed E-state index contributed by atoms with van der Waals surface area (Å²) in [4.78, 5) is 24.6. The minimum absolute atomic E-state index is 0.0127. The Kier molecular flexibility index (Phi) is 8.20. The van der Waals surface area contributed by atoms with Crippen LogP contribution < -0.4 is 0 Å². The van der Waals surface area contributed by atoms with E-state index in [1.165, 1.54) is 7.11 Å². The molecule has 1 rings (SSSR count). The van der Waals surface area contributed by atoms with Gasteiger partial charge in [-0.3, -0.25) is 9.59 Å². The van der Waals surface area contributed by atoms with E-state index in [0.717, 1.165) is 11.0 Å². The molecule has 0 spiro atoms. The minimum Gasteiger partial charge on any atom is -0.469 e. The van der Waals surface area contributed by atoms with Gasteiger partial charge in [-0.25, -0.2) is 13.2 Å². The molecular formula is C15H18F3NO5. The van der Waals surface area contributed by atoms with Gasteiger partial charge in [0.1, 0.15) is 0 Å². The summed E-state index contributed by atoms with van der Waals surface area (Å²) in [5.41, 5.74) is -0.652. The van der Waals surface area contributed by atoms with Crippen LogP contribution in [0.25, 0.3) is 0 Å². The lowest BCUT2D eigenvalue weighted by molar-refractivity contribution is -0.140. The van der Waals surface area contributed by atoms with Crippen molar-refractivity contribution in [3.8, 4) is 0 Å². The van der Waals surface area contributed by atoms with Crippen LogP contribution in [-0.2, 0) is 14.3 Å². The molecule has 0 aliphatic heterocycles. The topological polar surface area (TPSA) is 76.1 Å². The minimum atomic E-state index is -1.75. The van der Waals surface area contributed by atoms with Crippen LogP contribution in [0.3, 0.4) is 0 Å². The molecule has 24 heavy (non-hydrogen) atoms. The van der Waals surface area contributed by atoms with E-state index in [1.54, 1.807) is 0 Å². The summed E-state index contributed by atoms with van der Waals surface area (Å²) >= 11 is 0. The number of aliphatic hydroxyl groups excluding tert-OH is 1. The number of hydrogen-bond acceptors (Lipinski definition) is 5. The first-order chi connectivity index (χ1) is 11.4. The molecule has 9 heteroatoms. The second kappa shape index (κ2) is 9.89. The number of methoxy groups -OCH3 is 1. The number of aliphatic hydroxyl groups is 1. The molecule has 0 radical (unpaired) electrons. The number of benzene rings is 1. The highest BCUT2D eigenvalue weighted by molar-refractivity contribution is 5.94. The standard InChI is InChI=1S/C15H18F3NO5/c1-23-12(21)4-5-19(6-8-24-9-7-20)15(22)10-2-3-11(16)14(18)13(10)17/h2-3,20H,4-9H2,1H3. The van der Waals surface area contributed by atoms with E-state index >= 15 is 0 Å². The molecule has 0 atom stereocenters. The SMILES string of the molecule is COC(=O)CCN(CCOCCO)C(=O)c1ccc(F)c(F)c1F. The lowest BCUT2D eigenvalue weighted by Gasteiger charge is -2.22. The van der Waals surface area contributed by atoms with Gasteiger partial charge in [0.05, 0.1) is 38.9 Å². The Morgan fingerprint density at radius 1 is 1.12 bits per heavy atom. The van der Waals surface area contributed by atoms with Crippen molar-refractivity contribution in [2.75, 3.05) is 40.0 Å². The number of rotatable bonds is 9. The van der Waals surface area contributed by atoms with Gasteiger partial charge >= 0.3 is 5.97 Å². The average Bonchev–Trinajstić information content (AvgIpc) is 2.58. The van der Waals surface area contributed by atoms with Gasteiger partial charge in [0.15, 0.2) is 17.5 Å². The second-order valence-electron chi connectivity index (χ2n) is 4.68. The Morgan fingerprint density at radius 2 is 1.83 bits per heavy atom. The summed E-state index contributed by atoms with van der Waals surface area (Å²) < 4.78 is 49.5. The van der Waals surface area contributed by atoms with Crippen LogP contribution in [0.4, 0.5) is 13.2 Å². The van der Waals surface area contributed by atoms with Gasteiger partial charge in [-0.2, -0.15) is 0 Å². The number of ether oxygens (including phenoxy) is 2. The van der Waals surface area contributed by atoms with Gasteiger partial charge in [0.2, 0.25) is 0 Å². The molecule has 0 heterocycles. The Hall–Kier alpha value is -2.13. The van der Waals surface area contributed by atoms with Crippen LogP contribution in [0.5, 0.6) is 0 Å². The first-order valence-corrected chi connectivity index (χ1v) is 7.10. The third-order valence-corrected chi connectivity index (χ3v) is 3.11. The molecule has 0 saturated carbocycles. The van der Waals surface area contributed by atoms with Crippen molar-refractivity contribution in [2.45, 2.75) is 6.42 Å². The number of halogens is 3. The van der Waals surface area contributed by atoms with Crippen LogP contribution in [0.2, 0.25) is 0 Å². The number of amides is 1. The number of carbonyl (C=O) groups excluding carboxylic acids is 2. The fourth-order valence-electron chi connectivity index (χ4n) is 1.85. The number of esters is 1. The van der Waals surface area contributed by atoms with E-state index < -0.39 is 34.9 Å². The highest BCUT2D eigenvalue weighted by atomic mass is 19.2. The normalized spacial score (nSPS) is 10.5. The Morgan fingerprint density at radius 3 is 2.46 bits per heavy atom. The van der Waals surface area contributed by atoms with E-state index in [2.05, 4.69) is 4.74 Å². The molecule has 1 aromatic rings. The Labute approximate surface area is 136 Å². The van der Waals surface area contributed by atoms with Crippen LogP contribution in [0, 0.1) is 17.5 Å². The lowest BCUT2D eigenvalue weighted by atomic mass is 10.1. The van der Waals surface area contributed by atoms with E-state index in [-0.39, 0.29) is 39.3 Å². The molecule has 0 aliphatic rings. The van der Waals surface area contributed by atoms with Crippen molar-refractivity contribution >= 4 is 11.9 Å². The van der Waals surface area contributed by atoms with Crippen molar-refractivity contribution < 1.29 is 37.3 Å². The summed E-state index contributed by atoms with van der Waals surface area (Å²) in [5, 5.41) is 8.63. The molecule has 0 aromatic heterocycles. The number of hydrogen-bond donors (Lipinski definition) is 1. The third kappa shape index (κ3) is 5.50. The molecule has 134 valence electrons. The van der Waals surface area contributed by atoms with Crippen molar-refractivity contribution in [1.82, 2.24) is 4.90 Å².